The Morgan fingerprint density at radius 2 is 2.00 bits per heavy atom. The molecule has 166 valence electrons. The van der Waals surface area contributed by atoms with E-state index in [0.717, 1.165) is 11.6 Å². The third kappa shape index (κ3) is 6.32. The number of sulfone groups is 1. The molecule has 2 heterocycles. The number of amides is 1. The fourth-order valence-electron chi connectivity index (χ4n) is 3.12. The second kappa shape index (κ2) is 9.84. The lowest BCUT2D eigenvalue weighted by Crippen LogP contribution is -2.28. The molecule has 0 aliphatic carbocycles. The highest BCUT2D eigenvalue weighted by atomic mass is 35.5. The molecule has 1 aromatic carbocycles. The number of rotatable bonds is 7. The van der Waals surface area contributed by atoms with Crippen molar-refractivity contribution >= 4 is 51.0 Å². The topological polar surface area (TPSA) is 107 Å². The van der Waals surface area contributed by atoms with Gasteiger partial charge in [0.05, 0.1) is 23.2 Å². The van der Waals surface area contributed by atoms with Gasteiger partial charge in [-0.2, -0.15) is 5.10 Å². The van der Waals surface area contributed by atoms with Gasteiger partial charge >= 0.3 is 5.97 Å². The van der Waals surface area contributed by atoms with E-state index in [4.69, 9.17) is 27.9 Å². The van der Waals surface area contributed by atoms with E-state index in [1.54, 1.807) is 31.2 Å². The molecule has 0 saturated carbocycles. The molecule has 1 aromatic heterocycles. The molecule has 1 amide bonds. The van der Waals surface area contributed by atoms with Crippen LogP contribution in [0.1, 0.15) is 29.3 Å². The third-order valence-electron chi connectivity index (χ3n) is 4.76. The fraction of sp³-hybridized carbons (Fsp3) is 0.350. The fourth-order valence-corrected chi connectivity index (χ4v) is 5.32. The Bertz CT molecular complexity index is 1110. The Morgan fingerprint density at radius 1 is 1.29 bits per heavy atom. The van der Waals surface area contributed by atoms with E-state index in [1.165, 1.54) is 10.8 Å². The van der Waals surface area contributed by atoms with Crippen molar-refractivity contribution in [3.8, 4) is 0 Å². The zero-order valence-corrected chi connectivity index (χ0v) is 19.0. The monoisotopic (exact) mass is 485 g/mol. The van der Waals surface area contributed by atoms with Crippen LogP contribution in [-0.4, -0.2) is 48.2 Å². The number of esters is 1. The molecule has 3 rings (SSSR count). The number of nitrogens with one attached hydrogen (secondary N) is 1. The highest BCUT2D eigenvalue weighted by molar-refractivity contribution is 7.91. The Hall–Kier alpha value is -2.36. The summed E-state index contributed by atoms with van der Waals surface area (Å²) in [6, 6.07) is 6.67. The summed E-state index contributed by atoms with van der Waals surface area (Å²) in [5.74, 6) is -1.07. The largest absolute Gasteiger partial charge is 0.452 e. The minimum atomic E-state index is -3.09. The van der Waals surface area contributed by atoms with E-state index >= 15 is 0 Å². The van der Waals surface area contributed by atoms with E-state index in [-0.39, 0.29) is 29.2 Å². The van der Waals surface area contributed by atoms with Gasteiger partial charge in [-0.05, 0) is 37.1 Å². The Balaban J connectivity index is 1.51. The lowest BCUT2D eigenvalue weighted by Gasteiger charge is -2.09. The van der Waals surface area contributed by atoms with Crippen LogP contribution in [0.25, 0.3) is 6.08 Å². The molecule has 1 fully saturated rings. The van der Waals surface area contributed by atoms with Gasteiger partial charge in [-0.3, -0.25) is 4.79 Å². The molecule has 2 aromatic rings. The van der Waals surface area contributed by atoms with E-state index < -0.39 is 28.3 Å². The van der Waals surface area contributed by atoms with E-state index in [0.29, 0.717) is 22.7 Å². The number of halogens is 2. The molecule has 1 atom stereocenters. The van der Waals surface area contributed by atoms with Crippen LogP contribution in [0.5, 0.6) is 0 Å². The van der Waals surface area contributed by atoms with Crippen molar-refractivity contribution < 1.29 is 22.7 Å². The van der Waals surface area contributed by atoms with Gasteiger partial charge < -0.3 is 10.1 Å². The number of carbonyl (C=O) groups is 2. The Morgan fingerprint density at radius 3 is 2.65 bits per heavy atom. The summed E-state index contributed by atoms with van der Waals surface area (Å²) in [4.78, 5) is 23.8. The summed E-state index contributed by atoms with van der Waals surface area (Å²) >= 11 is 12.2. The predicted molar refractivity (Wildman–Crippen MR) is 118 cm³/mol. The van der Waals surface area contributed by atoms with Gasteiger partial charge in [0.1, 0.15) is 5.15 Å². The maximum atomic E-state index is 12.0. The number of nitrogens with zero attached hydrogens (tertiary/aromatic N) is 2. The van der Waals surface area contributed by atoms with Crippen LogP contribution in [0.2, 0.25) is 10.2 Å². The first kappa shape index (κ1) is 23.3. The minimum Gasteiger partial charge on any atom is -0.452 e. The van der Waals surface area contributed by atoms with Gasteiger partial charge in [0.25, 0.3) is 5.91 Å². The summed E-state index contributed by atoms with van der Waals surface area (Å²) in [6.07, 6.45) is 3.04. The summed E-state index contributed by atoms with van der Waals surface area (Å²) in [7, 11) is -3.09. The first-order chi connectivity index (χ1) is 14.6. The number of hydrogen-bond donors (Lipinski definition) is 1. The molecule has 8 nitrogen and oxygen atoms in total. The zero-order valence-electron chi connectivity index (χ0n) is 16.7. The normalized spacial score (nSPS) is 17.7. The van der Waals surface area contributed by atoms with Crippen LogP contribution in [0, 0.1) is 6.92 Å². The quantitative estimate of drug-likeness (QED) is 0.477. The van der Waals surface area contributed by atoms with Gasteiger partial charge in [-0.1, -0.05) is 35.3 Å². The maximum Gasteiger partial charge on any atom is 0.331 e. The summed E-state index contributed by atoms with van der Waals surface area (Å²) in [5.41, 5.74) is 1.91. The average molecular weight is 486 g/mol. The lowest BCUT2D eigenvalue weighted by atomic mass is 10.2. The highest BCUT2D eigenvalue weighted by Gasteiger charge is 2.31. The van der Waals surface area contributed by atoms with Crippen molar-refractivity contribution in [1.82, 2.24) is 15.1 Å². The van der Waals surface area contributed by atoms with Gasteiger partial charge in [0, 0.05) is 23.2 Å². The van der Waals surface area contributed by atoms with Crippen LogP contribution in [0.4, 0.5) is 0 Å². The van der Waals surface area contributed by atoms with E-state index in [2.05, 4.69) is 10.4 Å². The molecule has 1 N–H and O–H groups in total. The second-order valence-corrected chi connectivity index (χ2v) is 10.2. The van der Waals surface area contributed by atoms with Crippen molar-refractivity contribution in [2.75, 3.05) is 18.1 Å². The molecule has 1 aliphatic rings. The number of hydrogen-bond acceptors (Lipinski definition) is 6. The molecule has 0 spiro atoms. The standard InChI is InChI=1S/C20H21Cl2N3O5S/c1-13-17(20(22)25(24-13)16-8-9-31(28,29)12-16)6-7-19(27)30-11-18(26)23-10-14-2-4-15(21)5-3-14/h2-7,16H,8-12H2,1H3,(H,23,26)/b7-6+/t16-/m1/s1. The predicted octanol–water partition coefficient (Wildman–Crippen LogP) is 2.73. The summed E-state index contributed by atoms with van der Waals surface area (Å²) < 4.78 is 29.8. The van der Waals surface area contributed by atoms with Crippen molar-refractivity contribution in [1.29, 1.82) is 0 Å². The average Bonchev–Trinajstić information content (AvgIpc) is 3.22. The maximum absolute atomic E-state index is 12.0. The van der Waals surface area contributed by atoms with Crippen LogP contribution in [-0.2, 0) is 30.7 Å². The number of ether oxygens (including phenoxy) is 1. The van der Waals surface area contributed by atoms with Gasteiger partial charge in [-0.15, -0.1) is 0 Å². The van der Waals surface area contributed by atoms with Crippen LogP contribution < -0.4 is 5.32 Å². The SMILES string of the molecule is Cc1nn([C@@H]2CCS(=O)(=O)C2)c(Cl)c1/C=C/C(=O)OCC(=O)NCc1ccc(Cl)cc1. The van der Waals surface area contributed by atoms with E-state index in [1.807, 2.05) is 0 Å². The molecular formula is C20H21Cl2N3O5S. The first-order valence-electron chi connectivity index (χ1n) is 9.45. The number of aryl methyl sites for hydroxylation is 1. The summed E-state index contributed by atoms with van der Waals surface area (Å²) in [6.45, 7) is 1.57. The summed E-state index contributed by atoms with van der Waals surface area (Å²) in [5, 5.41) is 7.81. The number of aromatic nitrogens is 2. The molecule has 0 unspecified atom stereocenters. The molecule has 0 bridgehead atoms. The van der Waals surface area contributed by atoms with Crippen LogP contribution in [0.3, 0.4) is 0 Å². The molecule has 31 heavy (non-hydrogen) atoms. The first-order valence-corrected chi connectivity index (χ1v) is 12.0. The Kier molecular flexibility index (Phi) is 7.40. The number of benzene rings is 1. The van der Waals surface area contributed by atoms with E-state index in [9.17, 15) is 18.0 Å². The molecular weight excluding hydrogens is 465 g/mol. The number of carbonyl (C=O) groups excluding carboxylic acids is 2. The highest BCUT2D eigenvalue weighted by Crippen LogP contribution is 2.30. The van der Waals surface area contributed by atoms with Crippen molar-refractivity contribution in [3.05, 3.63) is 57.3 Å². The van der Waals surface area contributed by atoms with Crippen molar-refractivity contribution in [2.24, 2.45) is 0 Å². The third-order valence-corrected chi connectivity index (χ3v) is 7.14. The molecule has 0 radical (unpaired) electrons. The van der Waals surface area contributed by atoms with Crippen molar-refractivity contribution in [3.63, 3.8) is 0 Å². The molecule has 1 saturated heterocycles. The molecule has 1 aliphatic heterocycles. The second-order valence-electron chi connectivity index (χ2n) is 7.14. The van der Waals surface area contributed by atoms with Gasteiger partial charge in [0.2, 0.25) is 0 Å². The zero-order chi connectivity index (χ0) is 22.6. The van der Waals surface area contributed by atoms with Crippen molar-refractivity contribution in [2.45, 2.75) is 25.9 Å². The van der Waals surface area contributed by atoms with Gasteiger partial charge in [0.15, 0.2) is 16.4 Å². The Labute approximate surface area is 190 Å². The smallest absolute Gasteiger partial charge is 0.331 e. The van der Waals surface area contributed by atoms with Crippen LogP contribution >= 0.6 is 23.2 Å². The van der Waals surface area contributed by atoms with Gasteiger partial charge in [-0.25, -0.2) is 17.9 Å². The minimum absolute atomic E-state index is 0.00975. The van der Waals surface area contributed by atoms with Crippen LogP contribution in [0.15, 0.2) is 30.3 Å². The lowest BCUT2D eigenvalue weighted by molar-refractivity contribution is -0.143. The molecule has 11 heteroatoms.